The average molecular weight is 681 g/mol. The van der Waals surface area contributed by atoms with Crippen LogP contribution >= 0.6 is 22.6 Å². The molecule has 0 spiro atoms. The van der Waals surface area contributed by atoms with Crippen LogP contribution in [0.3, 0.4) is 0 Å². The van der Waals surface area contributed by atoms with E-state index in [1.165, 1.54) is 10.3 Å². The molecule has 0 aliphatic heterocycles. The van der Waals surface area contributed by atoms with Crippen LogP contribution in [0.4, 0.5) is 0 Å². The highest BCUT2D eigenvalue weighted by Gasteiger charge is 2.36. The minimum Gasteiger partial charge on any atom is -0.490 e. The van der Waals surface area contributed by atoms with Gasteiger partial charge in [-0.25, -0.2) is 22.4 Å². The van der Waals surface area contributed by atoms with E-state index in [1.807, 2.05) is 24.3 Å². The van der Waals surface area contributed by atoms with Crippen molar-refractivity contribution in [3.05, 3.63) is 76.0 Å². The standard InChI is InChI=1S/C27H33IN4O5SSi/c1-27(2,3)39(4,5)37-12-11-35-22-13-21(14-29-15-22)17-36-26-24-23(28)16-32(25(24)30-19-31-26)38(33,34)18-20-9-7-6-8-10-20/h6-10,13-16,19H,11-12,17-18H2,1-5H3. The molecule has 0 fully saturated rings. The third-order valence-electron chi connectivity index (χ3n) is 6.73. The summed E-state index contributed by atoms with van der Waals surface area (Å²) < 4.78 is 46.3. The first-order chi connectivity index (χ1) is 18.4. The molecule has 0 unspecified atom stereocenters. The number of rotatable bonds is 11. The van der Waals surface area contributed by atoms with Crippen molar-refractivity contribution in [3.63, 3.8) is 0 Å². The summed E-state index contributed by atoms with van der Waals surface area (Å²) >= 11 is 2.08. The Morgan fingerprint density at radius 2 is 1.74 bits per heavy atom. The van der Waals surface area contributed by atoms with Crippen molar-refractivity contribution in [1.29, 1.82) is 0 Å². The smallest absolute Gasteiger partial charge is 0.244 e. The fourth-order valence-corrected chi connectivity index (χ4v) is 6.97. The van der Waals surface area contributed by atoms with Gasteiger partial charge in [-0.15, -0.1) is 0 Å². The summed E-state index contributed by atoms with van der Waals surface area (Å²) in [5, 5.41) is 0.682. The number of hydrogen-bond donors (Lipinski definition) is 0. The fourth-order valence-electron chi connectivity index (χ4n) is 3.59. The van der Waals surface area contributed by atoms with Crippen LogP contribution in [0.25, 0.3) is 11.0 Å². The fraction of sp³-hybridized carbons (Fsp3) is 0.370. The third kappa shape index (κ3) is 7.15. The van der Waals surface area contributed by atoms with Gasteiger partial charge in [-0.3, -0.25) is 4.98 Å². The SMILES string of the molecule is CC(C)(C)[Si](C)(C)OCCOc1cncc(COc2ncnc3c2c(I)cn3S(=O)(=O)Cc2ccccc2)c1. The molecule has 1 aromatic carbocycles. The predicted molar refractivity (Wildman–Crippen MR) is 162 cm³/mol. The molecule has 0 aliphatic rings. The van der Waals surface area contributed by atoms with E-state index < -0.39 is 18.3 Å². The number of halogens is 1. The second-order valence-corrected chi connectivity index (χ2v) is 18.5. The summed E-state index contributed by atoms with van der Waals surface area (Å²) in [4.78, 5) is 12.8. The number of aromatic nitrogens is 4. The van der Waals surface area contributed by atoms with Crippen LogP contribution in [0.5, 0.6) is 11.6 Å². The van der Waals surface area contributed by atoms with Crippen LogP contribution in [-0.2, 0) is 26.8 Å². The van der Waals surface area contributed by atoms with Crippen LogP contribution < -0.4 is 9.47 Å². The Kier molecular flexibility index (Phi) is 8.98. The van der Waals surface area contributed by atoms with Crippen molar-refractivity contribution in [2.24, 2.45) is 0 Å². The number of benzene rings is 1. The van der Waals surface area contributed by atoms with Gasteiger partial charge >= 0.3 is 0 Å². The van der Waals surface area contributed by atoms with Gasteiger partial charge in [0.15, 0.2) is 14.0 Å². The van der Waals surface area contributed by atoms with Gasteiger partial charge in [-0.05, 0) is 52.4 Å². The molecule has 39 heavy (non-hydrogen) atoms. The van der Waals surface area contributed by atoms with Crippen LogP contribution in [0.2, 0.25) is 18.1 Å². The highest BCUT2D eigenvalue weighted by molar-refractivity contribution is 14.1. The first-order valence-corrected chi connectivity index (χ1v) is 18.1. The van der Waals surface area contributed by atoms with Gasteiger partial charge < -0.3 is 13.9 Å². The summed E-state index contributed by atoms with van der Waals surface area (Å²) in [7, 11) is -5.53. The number of pyridine rings is 1. The molecule has 208 valence electrons. The number of ether oxygens (including phenoxy) is 2. The molecule has 4 rings (SSSR count). The van der Waals surface area contributed by atoms with E-state index >= 15 is 0 Å². The molecule has 0 atom stereocenters. The van der Waals surface area contributed by atoms with Crippen LogP contribution in [-0.4, -0.2) is 48.9 Å². The van der Waals surface area contributed by atoms with Crippen molar-refractivity contribution in [3.8, 4) is 11.6 Å². The van der Waals surface area contributed by atoms with Crippen molar-refractivity contribution in [2.45, 2.75) is 51.3 Å². The maximum atomic E-state index is 13.2. The summed E-state index contributed by atoms with van der Waals surface area (Å²) in [6.45, 7) is 12.2. The molecule has 0 amide bonds. The molecular weight excluding hydrogens is 647 g/mol. The van der Waals surface area contributed by atoms with Crippen LogP contribution in [0.15, 0.2) is 61.3 Å². The van der Waals surface area contributed by atoms with E-state index in [0.717, 1.165) is 5.56 Å². The number of nitrogens with zero attached hydrogens (tertiary/aromatic N) is 4. The molecule has 3 aromatic heterocycles. The second kappa shape index (κ2) is 11.9. The molecule has 4 aromatic rings. The van der Waals surface area contributed by atoms with Crippen LogP contribution in [0.1, 0.15) is 31.9 Å². The Bertz CT molecular complexity index is 1540. The van der Waals surface area contributed by atoms with E-state index in [2.05, 4.69) is 71.4 Å². The molecule has 0 bridgehead atoms. The maximum Gasteiger partial charge on any atom is 0.244 e. The number of fused-ring (bicyclic) bond motifs is 1. The van der Waals surface area contributed by atoms with Gasteiger partial charge in [0.25, 0.3) is 0 Å². The zero-order chi connectivity index (χ0) is 28.3. The van der Waals surface area contributed by atoms with E-state index in [1.54, 1.807) is 30.7 Å². The Labute approximate surface area is 244 Å². The van der Waals surface area contributed by atoms with Crippen molar-refractivity contribution < 1.29 is 22.3 Å². The lowest BCUT2D eigenvalue weighted by atomic mass is 10.2. The van der Waals surface area contributed by atoms with Gasteiger partial charge in [-0.1, -0.05) is 51.1 Å². The molecule has 12 heteroatoms. The van der Waals surface area contributed by atoms with Gasteiger partial charge in [0, 0.05) is 21.5 Å². The van der Waals surface area contributed by atoms with Crippen molar-refractivity contribution in [2.75, 3.05) is 13.2 Å². The Morgan fingerprint density at radius 1 is 1.00 bits per heavy atom. The molecule has 3 heterocycles. The lowest BCUT2D eigenvalue weighted by Crippen LogP contribution is -2.41. The molecule has 0 aliphatic carbocycles. The van der Waals surface area contributed by atoms with Crippen LogP contribution in [0, 0.1) is 3.57 Å². The van der Waals surface area contributed by atoms with E-state index in [-0.39, 0.29) is 23.0 Å². The van der Waals surface area contributed by atoms with E-state index in [9.17, 15) is 8.42 Å². The maximum absolute atomic E-state index is 13.2. The largest absolute Gasteiger partial charge is 0.490 e. The zero-order valence-electron chi connectivity index (χ0n) is 22.7. The molecule has 0 saturated heterocycles. The Hall–Kier alpha value is -2.55. The highest BCUT2D eigenvalue weighted by Crippen LogP contribution is 2.36. The van der Waals surface area contributed by atoms with Crippen molar-refractivity contribution in [1.82, 2.24) is 18.9 Å². The summed E-state index contributed by atoms with van der Waals surface area (Å²) in [6, 6.07) is 10.9. The molecule has 9 nitrogen and oxygen atoms in total. The zero-order valence-corrected chi connectivity index (χ0v) is 26.7. The minimum atomic E-state index is -3.71. The first kappa shape index (κ1) is 29.4. The molecule has 0 N–H and O–H groups in total. The lowest BCUT2D eigenvalue weighted by Gasteiger charge is -2.36. The minimum absolute atomic E-state index is 0.142. The van der Waals surface area contributed by atoms with Gasteiger partial charge in [0.2, 0.25) is 15.9 Å². The first-order valence-electron chi connectivity index (χ1n) is 12.5. The van der Waals surface area contributed by atoms with E-state index in [0.29, 0.717) is 39.4 Å². The lowest BCUT2D eigenvalue weighted by molar-refractivity contribution is 0.202. The Morgan fingerprint density at radius 3 is 2.46 bits per heavy atom. The number of hydrogen-bond acceptors (Lipinski definition) is 8. The van der Waals surface area contributed by atoms with Gasteiger partial charge in [0.1, 0.15) is 25.3 Å². The topological polar surface area (TPSA) is 105 Å². The molecule has 0 radical (unpaired) electrons. The average Bonchev–Trinajstić information content (AvgIpc) is 3.23. The monoisotopic (exact) mass is 680 g/mol. The summed E-state index contributed by atoms with van der Waals surface area (Å²) in [5.74, 6) is 0.774. The van der Waals surface area contributed by atoms with E-state index in [4.69, 9.17) is 13.9 Å². The Balaban J connectivity index is 1.44. The highest BCUT2D eigenvalue weighted by atomic mass is 127. The predicted octanol–water partition coefficient (Wildman–Crippen LogP) is 5.79. The molecular formula is C27H33IN4O5SSi. The second-order valence-electron chi connectivity index (χ2n) is 10.7. The third-order valence-corrected chi connectivity index (χ3v) is 13.7. The van der Waals surface area contributed by atoms with Crippen molar-refractivity contribution >= 4 is 52.0 Å². The van der Waals surface area contributed by atoms with Gasteiger partial charge in [0.05, 0.1) is 23.9 Å². The summed E-state index contributed by atoms with van der Waals surface area (Å²) in [6.07, 6.45) is 6.20. The quantitative estimate of drug-likeness (QED) is 0.111. The van der Waals surface area contributed by atoms with Gasteiger partial charge in [-0.2, -0.15) is 0 Å². The summed E-state index contributed by atoms with van der Waals surface area (Å²) in [5.41, 5.74) is 1.76. The molecule has 0 saturated carbocycles. The normalized spacial score (nSPS) is 12.6.